The minimum Gasteiger partial charge on any atom is -0.464 e. The van der Waals surface area contributed by atoms with Gasteiger partial charge in [0.15, 0.2) is 9.84 Å². The maximum absolute atomic E-state index is 14.0. The van der Waals surface area contributed by atoms with Gasteiger partial charge < -0.3 is 23.9 Å². The van der Waals surface area contributed by atoms with E-state index in [2.05, 4.69) is 5.32 Å². The average molecular weight is 696 g/mol. The standard InChI is InChI=1S/C37H30ClN3O7S/c1-49(45,46)28-9-5-8-24(16-28)17-31(37(44)48-21-23-6-3-2-4-7-23)39-35(42)33-29-12-14-40-22-41(20-27(34(29)40)18-30(33)38)36(43)26-11-10-25-13-15-47-32(25)19-26/h2-16,18-19,31H,17,20-22H2,1H3,(H,39,42)/t31-/m0/s1. The SMILES string of the molecule is CS(=O)(=O)c1cccc(C[C@H](NC(=O)c2c(Cl)cc3c4c2ccn4CN(C(=O)c2ccc4ccoc4c2)C3)C(=O)OCc2ccccc2)c1. The largest absolute Gasteiger partial charge is 0.464 e. The highest BCUT2D eigenvalue weighted by Gasteiger charge is 2.30. The molecule has 2 aromatic heterocycles. The molecule has 2 amide bonds. The van der Waals surface area contributed by atoms with Crippen LogP contribution in [0.1, 0.15) is 37.4 Å². The van der Waals surface area contributed by atoms with E-state index in [9.17, 15) is 22.8 Å². The Bertz CT molecular complexity index is 2370. The molecule has 0 unspecified atom stereocenters. The minimum atomic E-state index is -3.51. The number of rotatable bonds is 9. The molecule has 0 fully saturated rings. The molecule has 1 aliphatic heterocycles. The number of esters is 1. The Morgan fingerprint density at radius 3 is 2.55 bits per heavy atom. The molecule has 0 saturated heterocycles. The highest BCUT2D eigenvalue weighted by Crippen LogP contribution is 2.35. The summed E-state index contributed by atoms with van der Waals surface area (Å²) in [5.74, 6) is -1.47. The molecule has 248 valence electrons. The van der Waals surface area contributed by atoms with Crippen molar-refractivity contribution in [3.63, 3.8) is 0 Å². The Balaban J connectivity index is 1.15. The summed E-state index contributed by atoms with van der Waals surface area (Å²) in [6.07, 6.45) is 4.45. The van der Waals surface area contributed by atoms with Gasteiger partial charge in [-0.2, -0.15) is 0 Å². The molecule has 0 aliphatic carbocycles. The van der Waals surface area contributed by atoms with Crippen molar-refractivity contribution >= 4 is 61.1 Å². The Morgan fingerprint density at radius 1 is 0.959 bits per heavy atom. The summed E-state index contributed by atoms with van der Waals surface area (Å²) in [4.78, 5) is 42.8. The number of carbonyl (C=O) groups excluding carboxylic acids is 3. The number of nitrogens with one attached hydrogen (secondary N) is 1. The van der Waals surface area contributed by atoms with Crippen LogP contribution in [-0.4, -0.2) is 48.0 Å². The van der Waals surface area contributed by atoms with Crippen molar-refractivity contribution in [3.8, 4) is 0 Å². The van der Waals surface area contributed by atoms with E-state index in [0.29, 0.717) is 22.1 Å². The number of halogens is 1. The number of hydrogen-bond acceptors (Lipinski definition) is 7. The normalized spacial score (nSPS) is 13.4. The molecular formula is C37H30ClN3O7S. The van der Waals surface area contributed by atoms with Crippen molar-refractivity contribution in [2.45, 2.75) is 37.2 Å². The lowest BCUT2D eigenvalue weighted by Gasteiger charge is -2.29. The van der Waals surface area contributed by atoms with E-state index in [-0.39, 0.29) is 47.6 Å². The van der Waals surface area contributed by atoms with Crippen LogP contribution >= 0.6 is 11.6 Å². The van der Waals surface area contributed by atoms with Crippen molar-refractivity contribution in [1.82, 2.24) is 14.8 Å². The van der Waals surface area contributed by atoms with E-state index in [0.717, 1.165) is 28.3 Å². The maximum atomic E-state index is 14.0. The lowest BCUT2D eigenvalue weighted by atomic mass is 10.0. The molecule has 3 heterocycles. The Hall–Kier alpha value is -5.39. The van der Waals surface area contributed by atoms with Gasteiger partial charge in [0, 0.05) is 41.8 Å². The first kappa shape index (κ1) is 32.2. The molecule has 1 N–H and O–H groups in total. The number of aromatic nitrogens is 1. The van der Waals surface area contributed by atoms with Gasteiger partial charge in [0.2, 0.25) is 0 Å². The number of ether oxygens (including phenoxy) is 1. The number of sulfone groups is 1. The summed E-state index contributed by atoms with van der Waals surface area (Å²) in [5.41, 5.74) is 4.09. The topological polar surface area (TPSA) is 128 Å². The fraction of sp³-hybridized carbons (Fsp3) is 0.162. The van der Waals surface area contributed by atoms with Crippen molar-refractivity contribution < 1.29 is 32.0 Å². The second kappa shape index (κ2) is 12.9. The third-order valence-corrected chi connectivity index (χ3v) is 9.97. The molecule has 6 aromatic rings. The van der Waals surface area contributed by atoms with Gasteiger partial charge in [-0.25, -0.2) is 13.2 Å². The molecule has 10 nitrogen and oxygen atoms in total. The van der Waals surface area contributed by atoms with Gasteiger partial charge in [-0.3, -0.25) is 9.59 Å². The summed E-state index contributed by atoms with van der Waals surface area (Å²) >= 11 is 6.78. The number of fused-ring (bicyclic) bond motifs is 1. The molecular weight excluding hydrogens is 666 g/mol. The first-order chi connectivity index (χ1) is 23.5. The Kier molecular flexibility index (Phi) is 8.47. The smallest absolute Gasteiger partial charge is 0.329 e. The lowest BCUT2D eigenvalue weighted by Crippen LogP contribution is -2.43. The molecule has 49 heavy (non-hydrogen) atoms. The van der Waals surface area contributed by atoms with E-state index in [1.54, 1.807) is 53.8 Å². The Morgan fingerprint density at radius 2 is 1.76 bits per heavy atom. The van der Waals surface area contributed by atoms with Crippen LogP contribution in [0.5, 0.6) is 0 Å². The van der Waals surface area contributed by atoms with E-state index < -0.39 is 27.8 Å². The van der Waals surface area contributed by atoms with Gasteiger partial charge in [0.1, 0.15) is 18.2 Å². The van der Waals surface area contributed by atoms with Gasteiger partial charge in [-0.05, 0) is 59.2 Å². The maximum Gasteiger partial charge on any atom is 0.329 e. The number of hydrogen-bond donors (Lipinski definition) is 1. The molecule has 12 heteroatoms. The molecule has 0 spiro atoms. The second-order valence-corrected chi connectivity index (χ2v) is 14.4. The molecule has 1 atom stereocenters. The predicted molar refractivity (Wildman–Crippen MR) is 184 cm³/mol. The Labute approximate surface area is 286 Å². The van der Waals surface area contributed by atoms with Crippen LogP contribution < -0.4 is 5.32 Å². The number of benzene rings is 4. The summed E-state index contributed by atoms with van der Waals surface area (Å²) in [7, 11) is -3.51. The zero-order valence-corrected chi connectivity index (χ0v) is 27.8. The summed E-state index contributed by atoms with van der Waals surface area (Å²) in [6.45, 7) is 0.504. The van der Waals surface area contributed by atoms with Crippen molar-refractivity contribution in [1.29, 1.82) is 0 Å². The van der Waals surface area contributed by atoms with E-state index in [1.165, 1.54) is 12.1 Å². The molecule has 7 rings (SSSR count). The molecule has 0 saturated carbocycles. The van der Waals surface area contributed by atoms with Gasteiger partial charge >= 0.3 is 5.97 Å². The first-order valence-corrected chi connectivity index (χ1v) is 17.7. The fourth-order valence-electron chi connectivity index (χ4n) is 6.16. The van der Waals surface area contributed by atoms with Crippen molar-refractivity contribution in [2.75, 3.05) is 6.26 Å². The zero-order valence-electron chi connectivity index (χ0n) is 26.3. The van der Waals surface area contributed by atoms with Gasteiger partial charge in [0.25, 0.3) is 11.8 Å². The highest BCUT2D eigenvalue weighted by atomic mass is 35.5. The van der Waals surface area contributed by atoms with Gasteiger partial charge in [-0.1, -0.05) is 60.1 Å². The quantitative estimate of drug-likeness (QED) is 0.180. The van der Waals surface area contributed by atoms with Crippen molar-refractivity contribution in [2.24, 2.45) is 0 Å². The van der Waals surface area contributed by atoms with Crippen LogP contribution in [0.15, 0.2) is 113 Å². The molecule has 0 radical (unpaired) electrons. The summed E-state index contributed by atoms with van der Waals surface area (Å²) in [6, 6.07) is 24.8. The highest BCUT2D eigenvalue weighted by molar-refractivity contribution is 7.90. The van der Waals surface area contributed by atoms with Crippen LogP contribution in [0.25, 0.3) is 21.9 Å². The number of carbonyl (C=O) groups is 3. The van der Waals surface area contributed by atoms with Gasteiger partial charge in [0.05, 0.1) is 33.9 Å². The molecule has 1 aliphatic rings. The van der Waals surface area contributed by atoms with Crippen molar-refractivity contribution in [3.05, 3.63) is 136 Å². The third-order valence-electron chi connectivity index (χ3n) is 8.56. The number of nitrogens with zero attached hydrogens (tertiary/aromatic N) is 2. The average Bonchev–Trinajstić information content (AvgIpc) is 3.74. The number of amides is 2. The van der Waals surface area contributed by atoms with Gasteiger partial charge in [-0.15, -0.1) is 0 Å². The molecule has 0 bridgehead atoms. The zero-order chi connectivity index (χ0) is 34.3. The third kappa shape index (κ3) is 6.55. The van der Waals surface area contributed by atoms with E-state index in [1.807, 2.05) is 47.0 Å². The van der Waals surface area contributed by atoms with Crippen LogP contribution in [0.4, 0.5) is 0 Å². The van der Waals surface area contributed by atoms with Crippen LogP contribution in [0.3, 0.4) is 0 Å². The first-order valence-electron chi connectivity index (χ1n) is 15.4. The monoisotopic (exact) mass is 695 g/mol. The molecule has 4 aromatic carbocycles. The second-order valence-electron chi connectivity index (χ2n) is 12.0. The lowest BCUT2D eigenvalue weighted by molar-refractivity contribution is -0.147. The number of furan rings is 1. The van der Waals surface area contributed by atoms with E-state index in [4.69, 9.17) is 20.8 Å². The van der Waals surface area contributed by atoms with Crippen LogP contribution in [0, 0.1) is 0 Å². The minimum absolute atomic E-state index is 0.0113. The predicted octanol–water partition coefficient (Wildman–Crippen LogP) is 6.14. The summed E-state index contributed by atoms with van der Waals surface area (Å²) in [5, 5.41) is 4.43. The van der Waals surface area contributed by atoms with Crippen LogP contribution in [-0.2, 0) is 45.6 Å². The van der Waals surface area contributed by atoms with E-state index >= 15 is 0 Å². The van der Waals surface area contributed by atoms with Crippen LogP contribution in [0.2, 0.25) is 5.02 Å². The fourth-order valence-corrected chi connectivity index (χ4v) is 7.17. The summed E-state index contributed by atoms with van der Waals surface area (Å²) < 4.78 is 37.4.